The normalized spacial score (nSPS) is 12.6. The van der Waals surface area contributed by atoms with Crippen LogP contribution in [0.4, 0.5) is 9.59 Å². The number of rotatable bonds is 19. The summed E-state index contributed by atoms with van der Waals surface area (Å²) in [4.78, 5) is 98.9. The molecule has 0 heterocycles. The van der Waals surface area contributed by atoms with Crippen LogP contribution in [-0.4, -0.2) is 102 Å². The summed E-state index contributed by atoms with van der Waals surface area (Å²) >= 11 is 0. The van der Waals surface area contributed by atoms with Gasteiger partial charge in [-0.1, -0.05) is 37.8 Å². The van der Waals surface area contributed by atoms with Crippen molar-refractivity contribution in [2.45, 2.75) is 146 Å². The van der Waals surface area contributed by atoms with Crippen LogP contribution in [0.15, 0.2) is 30.3 Å². The quantitative estimate of drug-likeness (QED) is 0.0475. The zero-order valence-electron chi connectivity index (χ0n) is 35.6. The summed E-state index contributed by atoms with van der Waals surface area (Å²) in [5, 5.41) is 4.67. The molecule has 2 N–H and O–H groups in total. The molecule has 0 aliphatic heterocycles. The highest BCUT2D eigenvalue weighted by Crippen LogP contribution is 2.25. The van der Waals surface area contributed by atoms with Gasteiger partial charge in [-0.25, -0.2) is 19.2 Å². The molecule has 1 aromatic rings. The van der Waals surface area contributed by atoms with Gasteiger partial charge in [0.25, 0.3) is 13.0 Å². The van der Waals surface area contributed by atoms with Crippen LogP contribution < -0.4 is 15.3 Å². The minimum absolute atomic E-state index is 0. The highest BCUT2D eigenvalue weighted by molar-refractivity contribution is 6.27. The zero-order valence-corrected chi connectivity index (χ0v) is 35.6. The summed E-state index contributed by atoms with van der Waals surface area (Å²) in [6.07, 6.45) is -4.05. The molecule has 0 aliphatic carbocycles. The van der Waals surface area contributed by atoms with Crippen molar-refractivity contribution in [2.75, 3.05) is 0 Å². The smallest absolute Gasteiger partial charge is 0.411 e. The summed E-state index contributed by atoms with van der Waals surface area (Å²) < 4.78 is 34.2. The first-order valence-corrected chi connectivity index (χ1v) is 18.6. The topological polar surface area (TPSA) is 266 Å². The molecule has 1 aromatic carbocycles. The molecule has 0 saturated carbocycles. The van der Waals surface area contributed by atoms with E-state index in [1.54, 1.807) is 99.6 Å². The number of carbonyl (C=O) groups is 8. The number of carbonyl (C=O) groups excluding carboxylic acids is 8. The number of esters is 4. The maximum atomic E-state index is 12.6. The molecule has 334 valence electrons. The molecule has 19 heteroatoms. The molecule has 1 rings (SSSR count). The van der Waals surface area contributed by atoms with Gasteiger partial charge in [0.15, 0.2) is 0 Å². The second kappa shape index (κ2) is 27.5. The van der Waals surface area contributed by atoms with Crippen LogP contribution in [0, 0.1) is 10.8 Å². The van der Waals surface area contributed by atoms with Gasteiger partial charge in [-0.15, -0.1) is 4.67 Å². The number of hydrogen-bond acceptors (Lipinski definition) is 14. The predicted molar refractivity (Wildman–Crippen MR) is 219 cm³/mol. The molecular formula is C41H62N5O14+. The van der Waals surface area contributed by atoms with E-state index in [1.165, 1.54) is 6.92 Å². The van der Waals surface area contributed by atoms with E-state index in [1.807, 2.05) is 0 Å². The van der Waals surface area contributed by atoms with Crippen LogP contribution in [-0.2, 0) is 57.2 Å². The largest absolute Gasteiger partial charge is 0.461 e. The van der Waals surface area contributed by atoms with E-state index in [4.69, 9.17) is 34.0 Å². The van der Waals surface area contributed by atoms with Gasteiger partial charge < -0.3 is 44.6 Å². The van der Waals surface area contributed by atoms with Crippen molar-refractivity contribution >= 4 is 66.8 Å². The predicted octanol–water partition coefficient (Wildman–Crippen LogP) is 4.76. The summed E-state index contributed by atoms with van der Waals surface area (Å²) in [5.41, 5.74) is 7.16. The monoisotopic (exact) mass is 848 g/mol. The Morgan fingerprint density at radius 2 is 1.07 bits per heavy atom. The number of nitrogens with zero attached hydrogens (tertiary/aromatic N) is 3. The first-order chi connectivity index (χ1) is 27.3. The first-order valence-electron chi connectivity index (χ1n) is 18.6. The second-order valence-corrected chi connectivity index (χ2v) is 15.4. The van der Waals surface area contributed by atoms with Gasteiger partial charge in [0.2, 0.25) is 17.9 Å². The Labute approximate surface area is 351 Å². The number of nitrogens with one attached hydrogen (secondary N) is 2. The van der Waals surface area contributed by atoms with Crippen molar-refractivity contribution in [2.24, 2.45) is 10.8 Å². The molecular weight excluding hydrogens is 786 g/mol. The SMILES string of the molecule is C.C=[N+]=CC(=O)CC[C@H](NC(=O)OC(OC(=O)C(C)(C)C)c1ccccc1)C(=O)OC(C)C.CC(C)OC(=O)[C@H](CCC(=O)C=[N+]=[N-])NC(=O)O[C@H](C)OC(=O)C(C)(C)C. The first kappa shape index (κ1) is 55.9. The fourth-order valence-corrected chi connectivity index (χ4v) is 3.99. The minimum atomic E-state index is -1.33. The summed E-state index contributed by atoms with van der Waals surface area (Å²) in [6, 6.07) is 6.11. The van der Waals surface area contributed by atoms with E-state index in [2.05, 4.69) is 26.8 Å². The van der Waals surface area contributed by atoms with Gasteiger partial charge in [-0.3, -0.25) is 19.2 Å². The number of benzene rings is 1. The Bertz CT molecular complexity index is 1700. The third-order valence-electron chi connectivity index (χ3n) is 6.92. The van der Waals surface area contributed by atoms with E-state index in [9.17, 15) is 38.4 Å². The molecule has 0 aromatic heterocycles. The van der Waals surface area contributed by atoms with E-state index in [0.717, 1.165) is 6.21 Å². The van der Waals surface area contributed by atoms with Gasteiger partial charge in [-0.2, -0.15) is 4.79 Å². The highest BCUT2D eigenvalue weighted by atomic mass is 16.7. The molecule has 0 fully saturated rings. The Balaban J connectivity index is 0. The number of ether oxygens (including phenoxy) is 6. The lowest BCUT2D eigenvalue weighted by atomic mass is 9.97. The lowest BCUT2D eigenvalue weighted by Crippen LogP contribution is -2.44. The fourth-order valence-electron chi connectivity index (χ4n) is 3.99. The summed E-state index contributed by atoms with van der Waals surface area (Å²) in [6.45, 7) is 21.1. The van der Waals surface area contributed by atoms with Crippen LogP contribution in [0.3, 0.4) is 0 Å². The maximum Gasteiger partial charge on any atom is 0.411 e. The third kappa shape index (κ3) is 24.6. The van der Waals surface area contributed by atoms with Gasteiger partial charge in [0.1, 0.15) is 12.1 Å². The van der Waals surface area contributed by atoms with Crippen molar-refractivity contribution in [3.8, 4) is 0 Å². The van der Waals surface area contributed by atoms with Crippen molar-refractivity contribution in [3.05, 3.63) is 41.4 Å². The minimum Gasteiger partial charge on any atom is -0.461 e. The van der Waals surface area contributed by atoms with Gasteiger partial charge >= 0.3 is 48.5 Å². The van der Waals surface area contributed by atoms with Crippen molar-refractivity contribution < 1.29 is 71.6 Å². The average Bonchev–Trinajstić information content (AvgIpc) is 3.10. The molecule has 2 amide bonds. The maximum absolute atomic E-state index is 12.6. The lowest BCUT2D eigenvalue weighted by molar-refractivity contribution is -0.179. The van der Waals surface area contributed by atoms with E-state index >= 15 is 0 Å². The number of hydrogen-bond donors (Lipinski definition) is 2. The Hall–Kier alpha value is -6.19. The van der Waals surface area contributed by atoms with Gasteiger partial charge in [-0.05, 0) is 82.1 Å². The third-order valence-corrected chi connectivity index (χ3v) is 6.92. The van der Waals surface area contributed by atoms with Crippen LogP contribution in [0.2, 0.25) is 0 Å². The van der Waals surface area contributed by atoms with Gasteiger partial charge in [0, 0.05) is 25.3 Å². The number of Topliss-reactive ketones (excluding diaryl/α,β-unsaturated/α-hetero) is 2. The Morgan fingerprint density at radius 1 is 0.650 bits per heavy atom. The Kier molecular flexibility index (Phi) is 25.6. The fraction of sp³-hybridized carbons (Fsp3) is 0.585. The molecule has 0 spiro atoms. The second-order valence-electron chi connectivity index (χ2n) is 15.4. The van der Waals surface area contributed by atoms with Crippen molar-refractivity contribution in [3.63, 3.8) is 0 Å². The molecule has 60 heavy (non-hydrogen) atoms. The summed E-state index contributed by atoms with van der Waals surface area (Å²) in [7, 11) is 0. The van der Waals surface area contributed by atoms with Crippen LogP contribution in [0.25, 0.3) is 5.53 Å². The van der Waals surface area contributed by atoms with Crippen LogP contribution in [0.1, 0.15) is 121 Å². The molecule has 1 unspecified atom stereocenters. The number of amides is 2. The number of ketones is 2. The average molecular weight is 849 g/mol. The number of alkyl carbamates (subject to hydrolysis) is 2. The summed E-state index contributed by atoms with van der Waals surface area (Å²) in [5.74, 6) is -3.52. The van der Waals surface area contributed by atoms with Crippen LogP contribution in [0.5, 0.6) is 0 Å². The van der Waals surface area contributed by atoms with Crippen molar-refractivity contribution in [1.82, 2.24) is 15.3 Å². The Morgan fingerprint density at radius 3 is 1.47 bits per heavy atom. The molecule has 0 bridgehead atoms. The van der Waals surface area contributed by atoms with Crippen molar-refractivity contribution in [1.29, 1.82) is 0 Å². The van der Waals surface area contributed by atoms with E-state index < -0.39 is 89.5 Å². The molecule has 4 atom stereocenters. The standard InChI is InChI=1S/C23H30N2O7.C17H27N3O7.CH4/c1-15(2)30-19(27)18(13-12-17(26)14-24-6)25-22(29)32-20(16-10-8-7-9-11-16)31-21(28)23(3,4)5;1-10(2)25-14(22)13(8-7-12(21)9-19-18)20-16(24)27-11(3)26-15(23)17(4,5)6;/h7-11,14-15,18,20H,6,12-13H2,1-5H3;9-11,13H,7-8H2,1-6H3,(H,20,24);1H4/p+1/t18-,20?;11-,13+;/m01./s1. The molecule has 19 nitrogen and oxygen atoms in total. The molecule has 0 saturated heterocycles. The molecule has 0 radical (unpaired) electrons. The van der Waals surface area contributed by atoms with E-state index in [0.29, 0.717) is 11.8 Å². The highest BCUT2D eigenvalue weighted by Gasteiger charge is 2.32. The van der Waals surface area contributed by atoms with Crippen LogP contribution >= 0.6 is 0 Å². The zero-order chi connectivity index (χ0) is 45.5. The molecule has 0 aliphatic rings. The lowest BCUT2D eigenvalue weighted by Gasteiger charge is -2.24. The van der Waals surface area contributed by atoms with Gasteiger partial charge in [0.05, 0.1) is 23.0 Å². The van der Waals surface area contributed by atoms with E-state index in [-0.39, 0.29) is 38.9 Å².